The first-order valence-corrected chi connectivity index (χ1v) is 10.9. The topological polar surface area (TPSA) is 54.0 Å². The molecule has 0 aliphatic carbocycles. The standard InChI is InChI=1S/C23H44O5/c1-10-11-12-13-14-15-16-21(25-22(24)17(2)3)23(26-18(4)5,27-19(6)7)28-20(8)9/h18-21H,2,10-16H2,1,3-9H3. The van der Waals surface area contributed by atoms with Crippen LogP contribution < -0.4 is 0 Å². The summed E-state index contributed by atoms with van der Waals surface area (Å²) in [6.07, 6.45) is 6.30. The Balaban J connectivity index is 5.55. The molecule has 166 valence electrons. The van der Waals surface area contributed by atoms with E-state index in [9.17, 15) is 4.79 Å². The fourth-order valence-electron chi connectivity index (χ4n) is 2.94. The number of hydrogen-bond donors (Lipinski definition) is 0. The summed E-state index contributed by atoms with van der Waals surface area (Å²) in [4.78, 5) is 12.3. The predicted molar refractivity (Wildman–Crippen MR) is 114 cm³/mol. The van der Waals surface area contributed by atoms with Crippen LogP contribution >= 0.6 is 0 Å². The molecular formula is C23H44O5. The third-order valence-electron chi connectivity index (χ3n) is 4.01. The molecule has 0 N–H and O–H groups in total. The second-order valence-electron chi connectivity index (χ2n) is 8.33. The Morgan fingerprint density at radius 1 is 0.821 bits per heavy atom. The third-order valence-corrected chi connectivity index (χ3v) is 4.01. The van der Waals surface area contributed by atoms with Gasteiger partial charge in [-0.15, -0.1) is 0 Å². The van der Waals surface area contributed by atoms with Gasteiger partial charge in [0.25, 0.3) is 0 Å². The lowest BCUT2D eigenvalue weighted by Gasteiger charge is -2.42. The highest BCUT2D eigenvalue weighted by Gasteiger charge is 2.48. The van der Waals surface area contributed by atoms with E-state index < -0.39 is 18.0 Å². The van der Waals surface area contributed by atoms with Crippen molar-refractivity contribution in [2.45, 2.75) is 131 Å². The van der Waals surface area contributed by atoms with Crippen LogP contribution in [0.15, 0.2) is 12.2 Å². The average molecular weight is 401 g/mol. The Kier molecular flexibility index (Phi) is 13.7. The van der Waals surface area contributed by atoms with Gasteiger partial charge in [-0.2, -0.15) is 0 Å². The van der Waals surface area contributed by atoms with Gasteiger partial charge in [0, 0.05) is 5.57 Å². The van der Waals surface area contributed by atoms with E-state index in [0.29, 0.717) is 12.0 Å². The number of rotatable bonds is 16. The van der Waals surface area contributed by atoms with Crippen molar-refractivity contribution in [2.24, 2.45) is 0 Å². The molecule has 0 bridgehead atoms. The molecule has 0 aromatic heterocycles. The highest BCUT2D eigenvalue weighted by atomic mass is 16.9. The van der Waals surface area contributed by atoms with Crippen LogP contribution in [0.3, 0.4) is 0 Å². The van der Waals surface area contributed by atoms with E-state index >= 15 is 0 Å². The number of esters is 1. The summed E-state index contributed by atoms with van der Waals surface area (Å²) in [5.74, 6) is -1.89. The Hall–Kier alpha value is -0.910. The number of unbranched alkanes of at least 4 members (excludes halogenated alkanes) is 5. The second kappa shape index (κ2) is 14.1. The van der Waals surface area contributed by atoms with Crippen LogP contribution in [0.2, 0.25) is 0 Å². The van der Waals surface area contributed by atoms with Crippen LogP contribution in [-0.2, 0) is 23.7 Å². The van der Waals surface area contributed by atoms with Gasteiger partial charge in [-0.25, -0.2) is 4.79 Å². The summed E-state index contributed by atoms with van der Waals surface area (Å²) in [5, 5.41) is 0. The van der Waals surface area contributed by atoms with Crippen LogP contribution in [0.4, 0.5) is 0 Å². The molecule has 5 nitrogen and oxygen atoms in total. The molecular weight excluding hydrogens is 356 g/mol. The monoisotopic (exact) mass is 400 g/mol. The Morgan fingerprint density at radius 2 is 1.25 bits per heavy atom. The van der Waals surface area contributed by atoms with Crippen LogP contribution in [0.1, 0.15) is 100 Å². The van der Waals surface area contributed by atoms with Crippen LogP contribution in [0.25, 0.3) is 0 Å². The van der Waals surface area contributed by atoms with Crippen LogP contribution in [0, 0.1) is 0 Å². The molecule has 28 heavy (non-hydrogen) atoms. The zero-order valence-electron chi connectivity index (χ0n) is 19.5. The zero-order chi connectivity index (χ0) is 21.7. The minimum Gasteiger partial charge on any atom is -0.450 e. The summed E-state index contributed by atoms with van der Waals surface area (Å²) in [7, 11) is 0. The maximum absolute atomic E-state index is 12.3. The van der Waals surface area contributed by atoms with E-state index in [4.69, 9.17) is 18.9 Å². The number of carbonyl (C=O) groups is 1. The highest BCUT2D eigenvalue weighted by Crippen LogP contribution is 2.32. The van der Waals surface area contributed by atoms with Gasteiger partial charge in [-0.05, 0) is 61.3 Å². The van der Waals surface area contributed by atoms with Gasteiger partial charge in [0.05, 0.1) is 18.3 Å². The number of carbonyl (C=O) groups excluding carboxylic acids is 1. The molecule has 0 aromatic rings. The van der Waals surface area contributed by atoms with Crippen molar-refractivity contribution in [1.29, 1.82) is 0 Å². The zero-order valence-corrected chi connectivity index (χ0v) is 19.5. The molecule has 0 fully saturated rings. The van der Waals surface area contributed by atoms with E-state index in [2.05, 4.69) is 13.5 Å². The predicted octanol–water partition coefficient (Wildman–Crippen LogP) is 6.15. The average Bonchev–Trinajstić information content (AvgIpc) is 2.54. The summed E-state index contributed by atoms with van der Waals surface area (Å²) in [6.45, 7) is 19.1. The number of ether oxygens (including phenoxy) is 4. The molecule has 0 rings (SSSR count). The molecule has 1 atom stereocenters. The fraction of sp³-hybridized carbons (Fsp3) is 0.870. The van der Waals surface area contributed by atoms with Crippen molar-refractivity contribution in [3.63, 3.8) is 0 Å². The number of hydrogen-bond acceptors (Lipinski definition) is 5. The lowest BCUT2D eigenvalue weighted by atomic mass is 10.1. The molecule has 0 aliphatic rings. The molecule has 1 unspecified atom stereocenters. The molecule has 0 spiro atoms. The second-order valence-corrected chi connectivity index (χ2v) is 8.33. The fourth-order valence-corrected chi connectivity index (χ4v) is 2.94. The molecule has 0 saturated carbocycles. The molecule has 0 heterocycles. The van der Waals surface area contributed by atoms with Gasteiger partial charge >= 0.3 is 11.9 Å². The maximum Gasteiger partial charge on any atom is 0.333 e. The van der Waals surface area contributed by atoms with Crippen molar-refractivity contribution >= 4 is 5.97 Å². The van der Waals surface area contributed by atoms with Crippen molar-refractivity contribution in [3.8, 4) is 0 Å². The van der Waals surface area contributed by atoms with Gasteiger partial charge in [-0.3, -0.25) is 0 Å². The van der Waals surface area contributed by atoms with Crippen molar-refractivity contribution < 1.29 is 23.7 Å². The largest absolute Gasteiger partial charge is 0.450 e. The molecule has 0 radical (unpaired) electrons. The summed E-state index contributed by atoms with van der Waals surface area (Å²) in [5.41, 5.74) is 0.348. The van der Waals surface area contributed by atoms with Gasteiger partial charge in [0.15, 0.2) is 6.10 Å². The first-order chi connectivity index (χ1) is 13.0. The summed E-state index contributed by atoms with van der Waals surface area (Å²) < 4.78 is 24.2. The smallest absolute Gasteiger partial charge is 0.333 e. The van der Waals surface area contributed by atoms with E-state index in [0.717, 1.165) is 12.8 Å². The summed E-state index contributed by atoms with van der Waals surface area (Å²) in [6, 6.07) is 0. The van der Waals surface area contributed by atoms with Crippen molar-refractivity contribution in [1.82, 2.24) is 0 Å². The Labute approximate surface area is 173 Å². The third kappa shape index (κ3) is 11.2. The minimum atomic E-state index is -1.44. The summed E-state index contributed by atoms with van der Waals surface area (Å²) >= 11 is 0. The van der Waals surface area contributed by atoms with E-state index in [-0.39, 0.29) is 18.3 Å². The highest BCUT2D eigenvalue weighted by molar-refractivity contribution is 5.87. The molecule has 0 amide bonds. The van der Waals surface area contributed by atoms with Crippen molar-refractivity contribution in [2.75, 3.05) is 0 Å². The van der Waals surface area contributed by atoms with Gasteiger partial charge < -0.3 is 18.9 Å². The molecule has 5 heteroatoms. The van der Waals surface area contributed by atoms with Crippen LogP contribution in [-0.4, -0.2) is 36.4 Å². The Morgan fingerprint density at radius 3 is 1.64 bits per heavy atom. The van der Waals surface area contributed by atoms with E-state index in [1.165, 1.54) is 25.7 Å². The molecule has 0 aromatic carbocycles. The maximum atomic E-state index is 12.3. The Bertz CT molecular complexity index is 416. The molecule has 0 aliphatic heterocycles. The van der Waals surface area contributed by atoms with Gasteiger partial charge in [-0.1, -0.05) is 45.6 Å². The van der Waals surface area contributed by atoms with Crippen molar-refractivity contribution in [3.05, 3.63) is 12.2 Å². The van der Waals surface area contributed by atoms with Crippen LogP contribution in [0.5, 0.6) is 0 Å². The van der Waals surface area contributed by atoms with Gasteiger partial charge in [0.2, 0.25) is 0 Å². The first kappa shape index (κ1) is 27.1. The first-order valence-electron chi connectivity index (χ1n) is 10.9. The normalized spacial score (nSPS) is 13.4. The van der Waals surface area contributed by atoms with E-state index in [1.807, 2.05) is 41.5 Å². The van der Waals surface area contributed by atoms with Gasteiger partial charge in [0.1, 0.15) is 0 Å². The lowest BCUT2D eigenvalue weighted by Crippen LogP contribution is -2.55. The minimum absolute atomic E-state index is 0.159. The lowest BCUT2D eigenvalue weighted by molar-refractivity contribution is -0.438. The molecule has 0 saturated heterocycles. The van der Waals surface area contributed by atoms with E-state index in [1.54, 1.807) is 6.92 Å². The quantitative estimate of drug-likeness (QED) is 0.134. The SMILES string of the molecule is C=C(C)C(=O)OC(CCCCCCCC)C(OC(C)C)(OC(C)C)OC(C)C.